The van der Waals surface area contributed by atoms with Crippen LogP contribution in [0.3, 0.4) is 0 Å². The zero-order valence-electron chi connectivity index (χ0n) is 16.5. The molecule has 29 heavy (non-hydrogen) atoms. The van der Waals surface area contributed by atoms with Gasteiger partial charge in [0.05, 0.1) is 29.4 Å². The summed E-state index contributed by atoms with van der Waals surface area (Å²) in [5, 5.41) is 0.917. The van der Waals surface area contributed by atoms with Gasteiger partial charge in [-0.25, -0.2) is 0 Å². The number of para-hydroxylation sites is 1. The first-order valence-corrected chi connectivity index (χ1v) is 10.5. The van der Waals surface area contributed by atoms with Crippen molar-refractivity contribution >= 4 is 16.8 Å². The molecule has 3 aromatic rings. The van der Waals surface area contributed by atoms with E-state index in [-0.39, 0.29) is 12.0 Å². The van der Waals surface area contributed by atoms with Crippen molar-refractivity contribution in [3.8, 4) is 0 Å². The number of rotatable bonds is 6. The Morgan fingerprint density at radius 3 is 2.72 bits per heavy atom. The smallest absolute Gasteiger partial charge is 0.255 e. The zero-order chi connectivity index (χ0) is 19.6. The van der Waals surface area contributed by atoms with E-state index in [2.05, 4.69) is 4.98 Å². The lowest BCUT2D eigenvalue weighted by Crippen LogP contribution is -2.37. The van der Waals surface area contributed by atoms with E-state index in [1.165, 1.54) is 0 Å². The molecular formula is C24H25N3O2. The summed E-state index contributed by atoms with van der Waals surface area (Å²) in [5.74, 6) is 0.528. The Kier molecular flexibility index (Phi) is 4.98. The van der Waals surface area contributed by atoms with Crippen LogP contribution >= 0.6 is 0 Å². The van der Waals surface area contributed by atoms with E-state index >= 15 is 0 Å². The highest BCUT2D eigenvalue weighted by Crippen LogP contribution is 2.40. The summed E-state index contributed by atoms with van der Waals surface area (Å²) in [6, 6.07) is 15.8. The molecule has 1 saturated heterocycles. The quantitative estimate of drug-likeness (QED) is 0.632. The third-order valence-electron chi connectivity index (χ3n) is 5.78. The van der Waals surface area contributed by atoms with Gasteiger partial charge in [-0.05, 0) is 49.9 Å². The predicted molar refractivity (Wildman–Crippen MR) is 112 cm³/mol. The lowest BCUT2D eigenvalue weighted by Gasteiger charge is -2.26. The molecule has 0 N–H and O–H groups in total. The summed E-state index contributed by atoms with van der Waals surface area (Å²) in [6.07, 6.45) is 6.24. The molecule has 5 rings (SSSR count). The van der Waals surface area contributed by atoms with Crippen LogP contribution in [0.1, 0.15) is 53.3 Å². The Bertz CT molecular complexity index is 1010. The van der Waals surface area contributed by atoms with E-state index in [4.69, 9.17) is 9.72 Å². The van der Waals surface area contributed by atoms with Crippen molar-refractivity contribution in [2.24, 2.45) is 0 Å². The summed E-state index contributed by atoms with van der Waals surface area (Å²) in [7, 11) is 0. The Morgan fingerprint density at radius 1 is 1.10 bits per heavy atom. The average molecular weight is 387 g/mol. The third-order valence-corrected chi connectivity index (χ3v) is 5.78. The van der Waals surface area contributed by atoms with Crippen LogP contribution in [-0.2, 0) is 11.3 Å². The summed E-state index contributed by atoms with van der Waals surface area (Å²) in [5.41, 5.74) is 3.57. The van der Waals surface area contributed by atoms with Crippen molar-refractivity contribution in [1.82, 2.24) is 14.9 Å². The maximum Gasteiger partial charge on any atom is 0.255 e. The molecule has 2 fully saturated rings. The van der Waals surface area contributed by atoms with Crippen molar-refractivity contribution in [2.75, 3.05) is 13.2 Å². The predicted octanol–water partition coefficient (Wildman–Crippen LogP) is 4.33. The molecule has 0 bridgehead atoms. The summed E-state index contributed by atoms with van der Waals surface area (Å²) < 4.78 is 5.84. The van der Waals surface area contributed by atoms with Crippen LogP contribution in [0.4, 0.5) is 0 Å². The molecule has 5 nitrogen and oxygen atoms in total. The maximum absolute atomic E-state index is 13.8. The van der Waals surface area contributed by atoms with Crippen LogP contribution in [0.2, 0.25) is 0 Å². The topological polar surface area (TPSA) is 55.3 Å². The fourth-order valence-electron chi connectivity index (χ4n) is 4.07. The molecule has 1 aromatic carbocycles. The standard InChI is InChI=1S/C24H25N3O2/c28-24(21-14-23(17-10-11-17)26-22-9-2-1-8-20(21)22)27(16-19-7-5-13-29-19)15-18-6-3-4-12-25-18/h1-4,6,8-9,12,14,17,19H,5,7,10-11,13,15-16H2. The third kappa shape index (κ3) is 4.01. The van der Waals surface area contributed by atoms with Crippen LogP contribution in [0.15, 0.2) is 54.7 Å². The number of carbonyl (C=O) groups is 1. The molecule has 1 saturated carbocycles. The van der Waals surface area contributed by atoms with Crippen molar-refractivity contribution in [3.63, 3.8) is 0 Å². The van der Waals surface area contributed by atoms with E-state index in [1.54, 1.807) is 6.20 Å². The number of carbonyl (C=O) groups excluding carboxylic acids is 1. The fourth-order valence-corrected chi connectivity index (χ4v) is 4.07. The molecule has 1 unspecified atom stereocenters. The minimum absolute atomic E-state index is 0.0339. The maximum atomic E-state index is 13.8. The first-order chi connectivity index (χ1) is 14.3. The van der Waals surface area contributed by atoms with Gasteiger partial charge in [-0.1, -0.05) is 24.3 Å². The molecule has 1 aliphatic heterocycles. The van der Waals surface area contributed by atoms with Crippen LogP contribution in [0.25, 0.3) is 10.9 Å². The minimum Gasteiger partial charge on any atom is -0.376 e. The Labute approximate surface area is 170 Å². The van der Waals surface area contributed by atoms with E-state index in [0.29, 0.717) is 19.0 Å². The molecule has 1 atom stereocenters. The fraction of sp³-hybridized carbons (Fsp3) is 0.375. The van der Waals surface area contributed by atoms with Crippen molar-refractivity contribution < 1.29 is 9.53 Å². The van der Waals surface area contributed by atoms with Gasteiger partial charge in [-0.3, -0.25) is 14.8 Å². The van der Waals surface area contributed by atoms with E-state index in [1.807, 2.05) is 53.4 Å². The van der Waals surface area contributed by atoms with E-state index in [9.17, 15) is 4.79 Å². The van der Waals surface area contributed by atoms with Gasteiger partial charge in [0.1, 0.15) is 0 Å². The number of fused-ring (bicyclic) bond motifs is 1. The minimum atomic E-state index is 0.0339. The van der Waals surface area contributed by atoms with E-state index in [0.717, 1.165) is 60.1 Å². The lowest BCUT2D eigenvalue weighted by molar-refractivity contribution is 0.0506. The molecule has 0 spiro atoms. The number of aromatic nitrogens is 2. The molecule has 1 amide bonds. The number of hydrogen-bond donors (Lipinski definition) is 0. The second-order valence-corrected chi connectivity index (χ2v) is 8.03. The van der Waals surface area contributed by atoms with Gasteiger partial charge < -0.3 is 9.64 Å². The molecule has 3 heterocycles. The highest BCUT2D eigenvalue weighted by molar-refractivity contribution is 6.06. The van der Waals surface area contributed by atoms with Gasteiger partial charge in [0.15, 0.2) is 0 Å². The van der Waals surface area contributed by atoms with E-state index < -0.39 is 0 Å². The van der Waals surface area contributed by atoms with Gasteiger partial charge in [0, 0.05) is 36.3 Å². The van der Waals surface area contributed by atoms with Gasteiger partial charge in [-0.15, -0.1) is 0 Å². The Hall–Kier alpha value is -2.79. The highest BCUT2D eigenvalue weighted by atomic mass is 16.5. The lowest BCUT2D eigenvalue weighted by atomic mass is 10.0. The summed E-state index contributed by atoms with van der Waals surface area (Å²) in [4.78, 5) is 24.9. The summed E-state index contributed by atoms with van der Waals surface area (Å²) >= 11 is 0. The Morgan fingerprint density at radius 2 is 1.97 bits per heavy atom. The van der Waals surface area contributed by atoms with Gasteiger partial charge in [-0.2, -0.15) is 0 Å². The van der Waals surface area contributed by atoms with Crippen molar-refractivity contribution in [2.45, 2.75) is 44.2 Å². The largest absolute Gasteiger partial charge is 0.376 e. The number of benzene rings is 1. The zero-order valence-corrected chi connectivity index (χ0v) is 16.5. The van der Waals surface area contributed by atoms with Gasteiger partial charge in [0.25, 0.3) is 5.91 Å². The van der Waals surface area contributed by atoms with Gasteiger partial charge >= 0.3 is 0 Å². The van der Waals surface area contributed by atoms with Gasteiger partial charge in [0.2, 0.25) is 0 Å². The summed E-state index contributed by atoms with van der Waals surface area (Å²) in [6.45, 7) is 1.85. The van der Waals surface area contributed by atoms with Crippen LogP contribution in [-0.4, -0.2) is 40.0 Å². The molecule has 5 heteroatoms. The average Bonchev–Trinajstić information content (AvgIpc) is 3.49. The van der Waals surface area contributed by atoms with Crippen molar-refractivity contribution in [3.05, 3.63) is 71.7 Å². The van der Waals surface area contributed by atoms with Crippen LogP contribution in [0, 0.1) is 0 Å². The molecule has 2 aliphatic rings. The first kappa shape index (κ1) is 18.3. The molecule has 2 aromatic heterocycles. The number of nitrogens with zero attached hydrogens (tertiary/aromatic N) is 3. The monoisotopic (exact) mass is 387 g/mol. The number of amides is 1. The normalized spacial score (nSPS) is 18.8. The number of pyridine rings is 2. The first-order valence-electron chi connectivity index (χ1n) is 10.5. The van der Waals surface area contributed by atoms with Crippen LogP contribution < -0.4 is 0 Å². The second kappa shape index (κ2) is 7.91. The molecule has 148 valence electrons. The highest BCUT2D eigenvalue weighted by Gasteiger charge is 2.29. The molecule has 0 radical (unpaired) electrons. The number of hydrogen-bond acceptors (Lipinski definition) is 4. The Balaban J connectivity index is 1.52. The SMILES string of the molecule is O=C(c1cc(C2CC2)nc2ccccc12)N(Cc1ccccn1)CC1CCCO1. The molecule has 1 aliphatic carbocycles. The van der Waals surface area contributed by atoms with Crippen molar-refractivity contribution in [1.29, 1.82) is 0 Å². The molecular weight excluding hydrogens is 362 g/mol. The number of ether oxygens (including phenoxy) is 1. The van der Waals surface area contributed by atoms with Crippen LogP contribution in [0.5, 0.6) is 0 Å². The second-order valence-electron chi connectivity index (χ2n) is 8.03.